The minimum atomic E-state index is -1.16. The zero-order valence-electron chi connectivity index (χ0n) is 42.3. The number of hydrogen-bond acceptors (Lipinski definition) is 16. The van der Waals surface area contributed by atoms with Crippen molar-refractivity contribution in [2.24, 2.45) is 11.8 Å². The standard InChI is InChI=1S/2C26H32N2O8.2H2S/c1-13(2)21(24(32)33)27-18(30)6-7-19(31)35-16-5-4-14-12-17-26(34)9-8-15(29)23-25(26,10-11-28(17)3)20(14)22(16)36-23;1-13(2)21(24(32)33)27-18(30)6-7-19(31)35-16-8-9-26(34)17-12-14-4-5-15(29)22-20(14)25(26,23(16)36-22)10-11-28(17)3;;/h4-5,13,17,21,23,34H,6-12H2,1-3H3,(H,27,30)(H,32,33);4-5,8,13,17,21,23,29,34H,6-7,9-12H2,1-3H3,(H,27,30)(H,32,33);2*1H2/t2*17-,21?,23?,25+,26-;;/m11../s1. The van der Waals surface area contributed by atoms with Gasteiger partial charge in [-0.3, -0.25) is 24.0 Å². The van der Waals surface area contributed by atoms with Crippen molar-refractivity contribution in [3.05, 3.63) is 58.4 Å². The summed E-state index contributed by atoms with van der Waals surface area (Å²) in [4.78, 5) is 89.7. The molecule has 404 valence electrons. The molecule has 7 N–H and O–H groups in total. The summed E-state index contributed by atoms with van der Waals surface area (Å²) in [5.74, 6) is -4.30. The maximum atomic E-state index is 13.0. The van der Waals surface area contributed by atoms with Crippen LogP contribution in [-0.2, 0) is 62.0 Å². The van der Waals surface area contributed by atoms with Gasteiger partial charge in [0.1, 0.15) is 17.8 Å². The fourth-order valence-corrected chi connectivity index (χ4v) is 13.3. The quantitative estimate of drug-likeness (QED) is 0.106. The minimum Gasteiger partial charge on any atom is -0.504 e. The van der Waals surface area contributed by atoms with Crippen molar-refractivity contribution in [3.63, 3.8) is 0 Å². The Kier molecular flexibility index (Phi) is 15.7. The number of carbonyl (C=O) groups is 7. The lowest BCUT2D eigenvalue weighted by Gasteiger charge is -2.62. The molecule has 2 aromatic carbocycles. The number of phenolic OH excluding ortho intramolecular Hbond substituents is 1. The number of nitrogens with one attached hydrogen (secondary N) is 2. The van der Waals surface area contributed by atoms with E-state index >= 15 is 0 Å². The van der Waals surface area contributed by atoms with E-state index in [-0.39, 0.29) is 112 Å². The normalized spacial score (nSPS) is 29.9. The van der Waals surface area contributed by atoms with Gasteiger partial charge in [0.2, 0.25) is 11.8 Å². The Morgan fingerprint density at radius 2 is 1.18 bits per heavy atom. The summed E-state index contributed by atoms with van der Waals surface area (Å²) in [5, 5.41) is 58.0. The molecule has 74 heavy (non-hydrogen) atoms. The van der Waals surface area contributed by atoms with E-state index in [0.717, 1.165) is 22.3 Å². The molecule has 2 spiro atoms. The molecule has 2 amide bonds. The van der Waals surface area contributed by atoms with Gasteiger partial charge in [-0.1, -0.05) is 39.8 Å². The van der Waals surface area contributed by atoms with Crippen LogP contribution in [-0.4, -0.2) is 152 Å². The summed E-state index contributed by atoms with van der Waals surface area (Å²) in [6.45, 7) is 8.16. The van der Waals surface area contributed by atoms with Gasteiger partial charge in [-0.2, -0.15) is 27.0 Å². The molecule has 0 radical (unpaired) electrons. The average Bonchev–Trinajstić information content (AvgIpc) is 3.87. The third-order valence-electron chi connectivity index (χ3n) is 16.9. The summed E-state index contributed by atoms with van der Waals surface area (Å²) < 4.78 is 23.7. The van der Waals surface area contributed by atoms with E-state index in [1.54, 1.807) is 45.9 Å². The zero-order valence-corrected chi connectivity index (χ0v) is 44.3. The second-order valence-corrected chi connectivity index (χ2v) is 21.5. The molecule has 0 aromatic heterocycles. The number of aliphatic hydroxyl groups is 2. The fourth-order valence-electron chi connectivity index (χ4n) is 13.3. The first-order valence-corrected chi connectivity index (χ1v) is 24.9. The number of nitrogens with zero attached hydrogens (tertiary/aromatic N) is 2. The highest BCUT2D eigenvalue weighted by Crippen LogP contribution is 2.66. The number of benzene rings is 2. The van der Waals surface area contributed by atoms with Crippen molar-refractivity contribution in [1.29, 1.82) is 0 Å². The van der Waals surface area contributed by atoms with Crippen LogP contribution in [0.25, 0.3) is 0 Å². The van der Waals surface area contributed by atoms with Gasteiger partial charge in [-0.15, -0.1) is 0 Å². The highest BCUT2D eigenvalue weighted by Gasteiger charge is 2.74. The number of phenols is 1. The number of Topliss-reactive ketones (excluding diaryl/α,β-unsaturated/α-hetero) is 1. The number of esters is 2. The van der Waals surface area contributed by atoms with Gasteiger partial charge in [-0.05, 0) is 100 Å². The number of aliphatic carboxylic acids is 2. The van der Waals surface area contributed by atoms with Gasteiger partial charge < -0.3 is 64.9 Å². The minimum absolute atomic E-state index is 0. The molecule has 10 atom stereocenters. The maximum Gasteiger partial charge on any atom is 0.326 e. The summed E-state index contributed by atoms with van der Waals surface area (Å²) in [7, 11) is 3.99. The van der Waals surface area contributed by atoms with Crippen LogP contribution in [0, 0.1) is 11.8 Å². The zero-order chi connectivity index (χ0) is 52.0. The van der Waals surface area contributed by atoms with Gasteiger partial charge in [0.15, 0.2) is 41.0 Å². The van der Waals surface area contributed by atoms with Crippen LogP contribution < -0.4 is 24.8 Å². The molecule has 3 fully saturated rings. The molecule has 2 saturated heterocycles. The molecule has 1 saturated carbocycles. The Hall–Kier alpha value is -5.39. The number of carboxylic acid groups (broad SMARTS) is 2. The van der Waals surface area contributed by atoms with E-state index < -0.39 is 82.0 Å². The summed E-state index contributed by atoms with van der Waals surface area (Å²) >= 11 is 0. The number of aromatic hydroxyl groups is 1. The van der Waals surface area contributed by atoms with E-state index in [2.05, 4.69) is 20.4 Å². The van der Waals surface area contributed by atoms with Crippen molar-refractivity contribution in [3.8, 4) is 23.0 Å². The largest absolute Gasteiger partial charge is 0.504 e. The number of likely N-dealkylation sites (tertiary alicyclic amines) is 2. The van der Waals surface area contributed by atoms with E-state index in [1.165, 1.54) is 0 Å². The number of hydrogen-bond donors (Lipinski definition) is 7. The van der Waals surface area contributed by atoms with Crippen molar-refractivity contribution in [2.75, 3.05) is 27.2 Å². The number of ether oxygens (including phenoxy) is 4. The SMILES string of the molecule is CC(C)C(NC(=O)CCC(=O)OC1=CC[C@@]2(O)[C@H]3Cc4ccc(O)c5c4[C@@]2(CCN3C)C1O5)C(=O)O.CC(C)C(NC(=O)CCC(=O)Oc1ccc2c3c1OC1C(=O)CC[C@@]4(O)[C@@H](C2)N(C)CC[C@]314)C(=O)O.S.S. The molecule has 22 heteroatoms. The second-order valence-electron chi connectivity index (χ2n) is 21.5. The molecule has 20 nitrogen and oxygen atoms in total. The maximum absolute atomic E-state index is 13.0. The summed E-state index contributed by atoms with van der Waals surface area (Å²) in [5.41, 5.74) is -0.438. The third-order valence-corrected chi connectivity index (χ3v) is 16.9. The number of carbonyl (C=O) groups excluding carboxylic acids is 5. The predicted molar refractivity (Wildman–Crippen MR) is 273 cm³/mol. The van der Waals surface area contributed by atoms with Crippen LogP contribution in [0.2, 0.25) is 0 Å². The van der Waals surface area contributed by atoms with Crippen LogP contribution >= 0.6 is 27.0 Å². The van der Waals surface area contributed by atoms with E-state index in [4.69, 9.17) is 18.9 Å². The first-order chi connectivity index (χ1) is 34.0. The molecule has 4 bridgehead atoms. The number of piperidine rings is 2. The highest BCUT2D eigenvalue weighted by molar-refractivity contribution is 7.59. The van der Waals surface area contributed by atoms with Gasteiger partial charge in [-0.25, -0.2) is 9.59 Å². The lowest BCUT2D eigenvalue weighted by atomic mass is 9.49. The molecule has 4 aliphatic carbocycles. The van der Waals surface area contributed by atoms with Crippen LogP contribution in [0.1, 0.15) is 108 Å². The first kappa shape index (κ1) is 56.3. The van der Waals surface area contributed by atoms with E-state index in [1.807, 2.05) is 26.2 Å². The smallest absolute Gasteiger partial charge is 0.326 e. The molecule has 10 rings (SSSR count). The fraction of sp³-hybridized carbons (Fsp3) is 0.596. The first-order valence-electron chi connectivity index (χ1n) is 24.9. The number of amides is 2. The van der Waals surface area contributed by atoms with Crippen LogP contribution in [0.5, 0.6) is 23.0 Å². The number of likely N-dealkylation sites (N-methyl/N-ethyl adjacent to an activating group) is 2. The molecular formula is C52H68N4O16S2. The number of carboxylic acids is 2. The molecule has 8 aliphatic rings. The molecule has 4 heterocycles. The second kappa shape index (κ2) is 20.6. The van der Waals surface area contributed by atoms with Gasteiger partial charge >= 0.3 is 23.9 Å². The predicted octanol–water partition coefficient (Wildman–Crippen LogP) is 2.39. The Bertz CT molecular complexity index is 2680. The van der Waals surface area contributed by atoms with Crippen LogP contribution in [0.4, 0.5) is 0 Å². The average molecular weight is 1070 g/mol. The van der Waals surface area contributed by atoms with Crippen molar-refractivity contribution < 1.29 is 78.0 Å². The van der Waals surface area contributed by atoms with Crippen molar-refractivity contribution in [1.82, 2.24) is 20.4 Å². The van der Waals surface area contributed by atoms with E-state index in [0.29, 0.717) is 56.7 Å². The van der Waals surface area contributed by atoms with Gasteiger partial charge in [0, 0.05) is 48.9 Å². The summed E-state index contributed by atoms with van der Waals surface area (Å²) in [6, 6.07) is 4.62. The Morgan fingerprint density at radius 3 is 1.72 bits per heavy atom. The number of rotatable bonds is 14. The van der Waals surface area contributed by atoms with Crippen molar-refractivity contribution in [2.45, 2.75) is 157 Å². The van der Waals surface area contributed by atoms with Crippen LogP contribution in [0.3, 0.4) is 0 Å². The summed E-state index contributed by atoms with van der Waals surface area (Å²) in [6.07, 6.45) is 2.34. The lowest BCUT2D eigenvalue weighted by Crippen LogP contribution is -2.76. The Morgan fingerprint density at radius 1 is 0.689 bits per heavy atom. The number of ketones is 1. The Labute approximate surface area is 442 Å². The third kappa shape index (κ3) is 8.79. The van der Waals surface area contributed by atoms with E-state index in [9.17, 15) is 59.1 Å². The molecule has 4 unspecified atom stereocenters. The molecular weight excluding hydrogens is 1000 g/mol. The van der Waals surface area contributed by atoms with Crippen molar-refractivity contribution >= 4 is 68.5 Å². The Balaban J connectivity index is 0.000000211. The topological polar surface area (TPSA) is 288 Å². The molecule has 4 aliphatic heterocycles. The van der Waals surface area contributed by atoms with Gasteiger partial charge in [0.25, 0.3) is 0 Å². The molecule has 2 aromatic rings. The van der Waals surface area contributed by atoms with Crippen LogP contribution in [0.15, 0.2) is 36.1 Å². The monoisotopic (exact) mass is 1070 g/mol. The highest BCUT2D eigenvalue weighted by atomic mass is 32.1. The lowest BCUT2D eigenvalue weighted by molar-refractivity contribution is -0.185. The van der Waals surface area contributed by atoms with Gasteiger partial charge in [0.05, 0.1) is 34.9 Å².